The third-order valence-electron chi connectivity index (χ3n) is 3.39. The summed E-state index contributed by atoms with van der Waals surface area (Å²) in [7, 11) is 3.44. The molecule has 6 heteroatoms. The first kappa shape index (κ1) is 13.9. The van der Waals surface area contributed by atoms with E-state index in [1.165, 1.54) is 12.8 Å². The molecule has 2 N–H and O–H groups in total. The van der Waals surface area contributed by atoms with E-state index in [0.29, 0.717) is 16.9 Å². The number of anilines is 3. The second kappa shape index (κ2) is 5.77. The smallest absolute Gasteiger partial charge is 0.224 e. The highest BCUT2D eigenvalue weighted by atomic mass is 35.5. The average molecular weight is 305 g/mol. The van der Waals surface area contributed by atoms with Gasteiger partial charge in [0.15, 0.2) is 0 Å². The number of rotatable bonds is 5. The van der Waals surface area contributed by atoms with Gasteiger partial charge in [-0.1, -0.05) is 11.6 Å². The standard InChI is InChI=1S/C15H17ClN4O/c1-17-15-19-11(9-3-4-9)8-14(20-15)18-12-7-10(16)5-6-13(12)21-2/h5-9H,3-4H2,1-2H3,(H2,17,18,19,20). The molecular weight excluding hydrogens is 288 g/mol. The largest absolute Gasteiger partial charge is 0.495 e. The molecule has 0 amide bonds. The van der Waals surface area contributed by atoms with Crippen molar-refractivity contribution in [1.82, 2.24) is 9.97 Å². The summed E-state index contributed by atoms with van der Waals surface area (Å²) in [6, 6.07) is 7.42. The molecule has 110 valence electrons. The Kier molecular flexibility index (Phi) is 3.84. The lowest BCUT2D eigenvalue weighted by atomic mass is 10.2. The lowest BCUT2D eigenvalue weighted by Gasteiger charge is -2.12. The SMILES string of the molecule is CNc1nc(Nc2cc(Cl)ccc2OC)cc(C2CC2)n1. The van der Waals surface area contributed by atoms with Crippen molar-refractivity contribution in [3.05, 3.63) is 35.0 Å². The van der Waals surface area contributed by atoms with Crippen LogP contribution in [0.2, 0.25) is 5.02 Å². The minimum atomic E-state index is 0.557. The zero-order valence-corrected chi connectivity index (χ0v) is 12.7. The van der Waals surface area contributed by atoms with Gasteiger partial charge >= 0.3 is 0 Å². The van der Waals surface area contributed by atoms with Crippen LogP contribution in [0.5, 0.6) is 5.75 Å². The Labute approximate surface area is 128 Å². The van der Waals surface area contributed by atoms with Crippen LogP contribution < -0.4 is 15.4 Å². The first-order chi connectivity index (χ1) is 10.2. The molecule has 1 aromatic heterocycles. The summed E-state index contributed by atoms with van der Waals surface area (Å²) in [4.78, 5) is 8.93. The molecule has 0 spiro atoms. The molecule has 21 heavy (non-hydrogen) atoms. The van der Waals surface area contributed by atoms with Crippen molar-refractivity contribution in [2.75, 3.05) is 24.8 Å². The Bertz CT molecular complexity index is 658. The van der Waals surface area contributed by atoms with Crippen molar-refractivity contribution in [3.8, 4) is 5.75 Å². The summed E-state index contributed by atoms with van der Waals surface area (Å²) in [5.41, 5.74) is 1.85. The minimum absolute atomic E-state index is 0.557. The molecule has 3 rings (SSSR count). The average Bonchev–Trinajstić information content (AvgIpc) is 3.32. The van der Waals surface area contributed by atoms with Crippen molar-refractivity contribution in [1.29, 1.82) is 0 Å². The Balaban J connectivity index is 1.93. The molecule has 0 saturated heterocycles. The summed E-state index contributed by atoms with van der Waals surface area (Å²) in [5.74, 6) is 2.62. The van der Waals surface area contributed by atoms with Crippen LogP contribution in [0.4, 0.5) is 17.5 Å². The Hall–Kier alpha value is -2.01. The van der Waals surface area contributed by atoms with E-state index in [-0.39, 0.29) is 0 Å². The molecule has 0 aliphatic heterocycles. The fourth-order valence-corrected chi connectivity index (χ4v) is 2.32. The van der Waals surface area contributed by atoms with Gasteiger partial charge in [0.1, 0.15) is 11.6 Å². The molecule has 1 aliphatic rings. The van der Waals surface area contributed by atoms with E-state index in [9.17, 15) is 0 Å². The van der Waals surface area contributed by atoms with Crippen LogP contribution in [0.25, 0.3) is 0 Å². The van der Waals surface area contributed by atoms with Crippen LogP contribution >= 0.6 is 11.6 Å². The minimum Gasteiger partial charge on any atom is -0.495 e. The maximum Gasteiger partial charge on any atom is 0.224 e. The van der Waals surface area contributed by atoms with Gasteiger partial charge in [0.25, 0.3) is 0 Å². The fraction of sp³-hybridized carbons (Fsp3) is 0.333. The molecule has 1 heterocycles. The van der Waals surface area contributed by atoms with Crippen molar-refractivity contribution >= 4 is 29.1 Å². The van der Waals surface area contributed by atoms with Crippen molar-refractivity contribution in [2.45, 2.75) is 18.8 Å². The predicted molar refractivity (Wildman–Crippen MR) is 84.8 cm³/mol. The molecule has 0 atom stereocenters. The summed E-state index contributed by atoms with van der Waals surface area (Å²) in [6.45, 7) is 0. The van der Waals surface area contributed by atoms with Gasteiger partial charge in [-0.3, -0.25) is 0 Å². The molecule has 5 nitrogen and oxygen atoms in total. The summed E-state index contributed by atoms with van der Waals surface area (Å²) >= 11 is 6.05. The second-order valence-corrected chi connectivity index (χ2v) is 5.43. The Morgan fingerprint density at radius 1 is 1.24 bits per heavy atom. The highest BCUT2D eigenvalue weighted by molar-refractivity contribution is 6.31. The number of hydrogen-bond acceptors (Lipinski definition) is 5. The molecule has 0 radical (unpaired) electrons. The number of hydrogen-bond donors (Lipinski definition) is 2. The number of nitrogens with one attached hydrogen (secondary N) is 2. The maximum atomic E-state index is 6.05. The van der Waals surface area contributed by atoms with Crippen LogP contribution in [0.3, 0.4) is 0 Å². The zero-order valence-electron chi connectivity index (χ0n) is 12.0. The van der Waals surface area contributed by atoms with Crippen molar-refractivity contribution in [3.63, 3.8) is 0 Å². The third-order valence-corrected chi connectivity index (χ3v) is 3.62. The van der Waals surface area contributed by atoms with Gasteiger partial charge in [-0.25, -0.2) is 4.98 Å². The lowest BCUT2D eigenvalue weighted by Crippen LogP contribution is -2.04. The van der Waals surface area contributed by atoms with Gasteiger partial charge < -0.3 is 15.4 Å². The van der Waals surface area contributed by atoms with Crippen LogP contribution in [0.15, 0.2) is 24.3 Å². The highest BCUT2D eigenvalue weighted by Crippen LogP contribution is 2.40. The van der Waals surface area contributed by atoms with Gasteiger partial charge in [-0.2, -0.15) is 4.98 Å². The second-order valence-electron chi connectivity index (χ2n) is 5.00. The van der Waals surface area contributed by atoms with Crippen molar-refractivity contribution in [2.24, 2.45) is 0 Å². The molecule has 1 saturated carbocycles. The summed E-state index contributed by atoms with van der Waals surface area (Å²) in [6.07, 6.45) is 2.39. The number of nitrogens with zero attached hydrogens (tertiary/aromatic N) is 2. The molecular formula is C15H17ClN4O. The number of ether oxygens (including phenoxy) is 1. The van der Waals surface area contributed by atoms with E-state index in [2.05, 4.69) is 20.6 Å². The maximum absolute atomic E-state index is 6.05. The number of benzene rings is 1. The number of aromatic nitrogens is 2. The third kappa shape index (κ3) is 3.19. The van der Waals surface area contributed by atoms with E-state index >= 15 is 0 Å². The van der Waals surface area contributed by atoms with Gasteiger partial charge in [-0.05, 0) is 31.0 Å². The predicted octanol–water partition coefficient (Wildman–Crippen LogP) is 3.80. The Morgan fingerprint density at radius 2 is 2.05 bits per heavy atom. The lowest BCUT2D eigenvalue weighted by molar-refractivity contribution is 0.417. The summed E-state index contributed by atoms with van der Waals surface area (Å²) < 4.78 is 5.34. The van der Waals surface area contributed by atoms with Gasteiger partial charge in [-0.15, -0.1) is 0 Å². The molecule has 2 aromatic rings. The molecule has 1 aromatic carbocycles. The number of methoxy groups -OCH3 is 1. The first-order valence-corrected chi connectivity index (χ1v) is 7.24. The van der Waals surface area contributed by atoms with Crippen LogP contribution in [0.1, 0.15) is 24.5 Å². The molecule has 0 bridgehead atoms. The highest BCUT2D eigenvalue weighted by Gasteiger charge is 2.26. The quantitative estimate of drug-likeness (QED) is 0.880. The molecule has 1 aliphatic carbocycles. The Morgan fingerprint density at radius 3 is 2.71 bits per heavy atom. The molecule has 0 unspecified atom stereocenters. The molecule has 1 fully saturated rings. The van der Waals surface area contributed by atoms with Crippen LogP contribution in [-0.2, 0) is 0 Å². The van der Waals surface area contributed by atoms with E-state index in [4.69, 9.17) is 16.3 Å². The van der Waals surface area contributed by atoms with Gasteiger partial charge in [0.05, 0.1) is 18.5 Å². The number of halogens is 1. The van der Waals surface area contributed by atoms with E-state index in [1.54, 1.807) is 13.2 Å². The van der Waals surface area contributed by atoms with Crippen molar-refractivity contribution < 1.29 is 4.74 Å². The fourth-order valence-electron chi connectivity index (χ4n) is 2.15. The first-order valence-electron chi connectivity index (χ1n) is 6.87. The van der Waals surface area contributed by atoms with E-state index < -0.39 is 0 Å². The topological polar surface area (TPSA) is 59.1 Å². The monoisotopic (exact) mass is 304 g/mol. The summed E-state index contributed by atoms with van der Waals surface area (Å²) in [5, 5.41) is 6.90. The van der Waals surface area contributed by atoms with E-state index in [0.717, 1.165) is 22.9 Å². The van der Waals surface area contributed by atoms with Crippen LogP contribution in [0, 0.1) is 0 Å². The van der Waals surface area contributed by atoms with Gasteiger partial charge in [0, 0.05) is 24.1 Å². The van der Waals surface area contributed by atoms with Gasteiger partial charge in [0.2, 0.25) is 5.95 Å². The van der Waals surface area contributed by atoms with Crippen LogP contribution in [-0.4, -0.2) is 24.1 Å². The normalized spacial score (nSPS) is 13.9. The zero-order chi connectivity index (χ0) is 14.8. The van der Waals surface area contributed by atoms with E-state index in [1.807, 2.05) is 25.2 Å².